The van der Waals surface area contributed by atoms with Gasteiger partial charge in [0.25, 0.3) is 5.91 Å². The first-order valence-corrected chi connectivity index (χ1v) is 6.23. The molecular formula is C9H14N4O2S2. The number of hydrogen-bond donors (Lipinski definition) is 1. The summed E-state index contributed by atoms with van der Waals surface area (Å²) < 4.78 is 8.62. The smallest absolute Gasteiger partial charge is 0.275 e. The van der Waals surface area contributed by atoms with E-state index in [1.54, 1.807) is 17.4 Å². The second kappa shape index (κ2) is 7.25. The molecule has 0 atom stereocenters. The summed E-state index contributed by atoms with van der Waals surface area (Å²) in [7, 11) is 1.58. The Morgan fingerprint density at radius 3 is 2.94 bits per heavy atom. The SMILES string of the molecule is COCCN(CCC(N)=S)C(=O)c1csnn1. The summed E-state index contributed by atoms with van der Waals surface area (Å²) in [5.41, 5.74) is 5.77. The Hall–Kier alpha value is -1.12. The number of thiocarbonyl (C=S) groups is 1. The lowest BCUT2D eigenvalue weighted by Gasteiger charge is -2.20. The third-order valence-corrected chi connectivity index (χ3v) is 2.77. The van der Waals surface area contributed by atoms with Gasteiger partial charge in [-0.1, -0.05) is 16.7 Å². The highest BCUT2D eigenvalue weighted by Gasteiger charge is 2.17. The number of aromatic nitrogens is 2. The quantitative estimate of drug-likeness (QED) is 0.720. The molecule has 8 heteroatoms. The predicted molar refractivity (Wildman–Crippen MR) is 69.1 cm³/mol. The molecule has 0 saturated carbocycles. The topological polar surface area (TPSA) is 81.3 Å². The summed E-state index contributed by atoms with van der Waals surface area (Å²) in [5.74, 6) is -0.174. The highest BCUT2D eigenvalue weighted by molar-refractivity contribution is 7.80. The van der Waals surface area contributed by atoms with Crippen LogP contribution in [0.3, 0.4) is 0 Å². The van der Waals surface area contributed by atoms with Crippen molar-refractivity contribution in [3.63, 3.8) is 0 Å². The Morgan fingerprint density at radius 1 is 1.65 bits per heavy atom. The second-order valence-corrected chi connectivity index (χ2v) is 4.43. The van der Waals surface area contributed by atoms with E-state index in [1.807, 2.05) is 0 Å². The predicted octanol–water partition coefficient (Wildman–Crippen LogP) is 0.303. The van der Waals surface area contributed by atoms with Crippen molar-refractivity contribution in [2.24, 2.45) is 5.73 Å². The van der Waals surface area contributed by atoms with Crippen molar-refractivity contribution in [3.8, 4) is 0 Å². The lowest BCUT2D eigenvalue weighted by molar-refractivity contribution is 0.0695. The minimum absolute atomic E-state index is 0.174. The molecule has 0 bridgehead atoms. The molecule has 0 radical (unpaired) electrons. The summed E-state index contributed by atoms with van der Waals surface area (Å²) in [4.78, 5) is 14.0. The Bertz CT molecular complexity index is 369. The van der Waals surface area contributed by atoms with Crippen molar-refractivity contribution in [3.05, 3.63) is 11.1 Å². The minimum Gasteiger partial charge on any atom is -0.393 e. The third kappa shape index (κ3) is 4.72. The number of ether oxygens (including phenoxy) is 1. The van der Waals surface area contributed by atoms with Gasteiger partial charge < -0.3 is 15.4 Å². The van der Waals surface area contributed by atoms with Crippen LogP contribution in [0.5, 0.6) is 0 Å². The van der Waals surface area contributed by atoms with Gasteiger partial charge in [0.1, 0.15) is 0 Å². The molecule has 0 saturated heterocycles. The maximum absolute atomic E-state index is 12.0. The molecule has 1 aromatic rings. The maximum atomic E-state index is 12.0. The standard InChI is InChI=1S/C9H14N4O2S2/c1-15-5-4-13(3-2-8(10)16)9(14)7-6-17-12-11-7/h6H,2-5H2,1H3,(H2,10,16). The van der Waals surface area contributed by atoms with Crippen molar-refractivity contribution < 1.29 is 9.53 Å². The van der Waals surface area contributed by atoms with E-state index in [2.05, 4.69) is 9.59 Å². The zero-order valence-electron chi connectivity index (χ0n) is 9.46. The van der Waals surface area contributed by atoms with Gasteiger partial charge in [-0.3, -0.25) is 4.79 Å². The molecule has 1 aromatic heterocycles. The number of amides is 1. The van der Waals surface area contributed by atoms with E-state index in [4.69, 9.17) is 22.7 Å². The van der Waals surface area contributed by atoms with Gasteiger partial charge in [-0.15, -0.1) is 5.10 Å². The fourth-order valence-corrected chi connectivity index (χ4v) is 1.70. The molecule has 6 nitrogen and oxygen atoms in total. The number of nitrogens with zero attached hydrogens (tertiary/aromatic N) is 3. The van der Waals surface area contributed by atoms with Crippen molar-refractivity contribution in [2.75, 3.05) is 26.8 Å². The van der Waals surface area contributed by atoms with E-state index in [9.17, 15) is 4.79 Å². The number of rotatable bonds is 7. The molecular weight excluding hydrogens is 260 g/mol. The Balaban J connectivity index is 2.61. The van der Waals surface area contributed by atoms with Crippen LogP contribution in [0.1, 0.15) is 16.9 Å². The molecule has 0 spiro atoms. The summed E-state index contributed by atoms with van der Waals surface area (Å²) in [6.07, 6.45) is 0.488. The van der Waals surface area contributed by atoms with E-state index < -0.39 is 0 Å². The van der Waals surface area contributed by atoms with E-state index >= 15 is 0 Å². The van der Waals surface area contributed by atoms with Crippen LogP contribution in [-0.4, -0.2) is 52.2 Å². The molecule has 0 fully saturated rings. The van der Waals surface area contributed by atoms with Crippen LogP contribution in [0.2, 0.25) is 0 Å². The van der Waals surface area contributed by atoms with Crippen molar-refractivity contribution >= 4 is 34.6 Å². The molecule has 1 amide bonds. The minimum atomic E-state index is -0.174. The summed E-state index contributed by atoms with van der Waals surface area (Å²) in [6.45, 7) is 1.41. The molecule has 1 heterocycles. The maximum Gasteiger partial charge on any atom is 0.275 e. The molecule has 17 heavy (non-hydrogen) atoms. The first kappa shape index (κ1) is 13.9. The van der Waals surface area contributed by atoms with Gasteiger partial charge in [0.15, 0.2) is 5.69 Å². The summed E-state index contributed by atoms with van der Waals surface area (Å²) in [5, 5.41) is 5.36. The van der Waals surface area contributed by atoms with Gasteiger partial charge in [-0.25, -0.2) is 0 Å². The molecule has 94 valence electrons. The van der Waals surface area contributed by atoms with Crippen molar-refractivity contribution in [1.29, 1.82) is 0 Å². The van der Waals surface area contributed by atoms with E-state index in [-0.39, 0.29) is 5.91 Å². The molecule has 0 aliphatic heterocycles. The number of carbonyl (C=O) groups is 1. The highest BCUT2D eigenvalue weighted by Crippen LogP contribution is 2.04. The normalized spacial score (nSPS) is 10.2. The summed E-state index contributed by atoms with van der Waals surface area (Å²) in [6, 6.07) is 0. The number of methoxy groups -OCH3 is 1. The zero-order valence-corrected chi connectivity index (χ0v) is 11.1. The lowest BCUT2D eigenvalue weighted by Crippen LogP contribution is -2.36. The van der Waals surface area contributed by atoms with Crippen LogP contribution in [0, 0.1) is 0 Å². The van der Waals surface area contributed by atoms with E-state index in [0.717, 1.165) is 11.5 Å². The number of nitrogens with two attached hydrogens (primary N) is 1. The van der Waals surface area contributed by atoms with Crippen molar-refractivity contribution in [1.82, 2.24) is 14.5 Å². The number of carbonyl (C=O) groups excluding carboxylic acids is 1. The average molecular weight is 274 g/mol. The first-order valence-electron chi connectivity index (χ1n) is 4.98. The third-order valence-electron chi connectivity index (χ3n) is 2.06. The monoisotopic (exact) mass is 274 g/mol. The molecule has 0 aliphatic carbocycles. The van der Waals surface area contributed by atoms with Gasteiger partial charge >= 0.3 is 0 Å². The van der Waals surface area contributed by atoms with Crippen LogP contribution in [0.4, 0.5) is 0 Å². The van der Waals surface area contributed by atoms with E-state index in [0.29, 0.717) is 36.8 Å². The largest absolute Gasteiger partial charge is 0.393 e. The van der Waals surface area contributed by atoms with Gasteiger partial charge in [0, 0.05) is 32.0 Å². The molecule has 1 rings (SSSR count). The molecule has 0 aliphatic rings. The second-order valence-electron chi connectivity index (χ2n) is 3.29. The molecule has 0 aromatic carbocycles. The van der Waals surface area contributed by atoms with Gasteiger partial charge in [-0.2, -0.15) is 0 Å². The fraction of sp³-hybridized carbons (Fsp3) is 0.556. The first-order chi connectivity index (χ1) is 8.15. The van der Waals surface area contributed by atoms with Crippen LogP contribution in [0.25, 0.3) is 0 Å². The average Bonchev–Trinajstić information content (AvgIpc) is 2.81. The molecule has 0 unspecified atom stereocenters. The van der Waals surface area contributed by atoms with Crippen LogP contribution in [-0.2, 0) is 4.74 Å². The zero-order chi connectivity index (χ0) is 12.7. The Morgan fingerprint density at radius 2 is 2.41 bits per heavy atom. The molecule has 2 N–H and O–H groups in total. The van der Waals surface area contributed by atoms with Gasteiger partial charge in [0.05, 0.1) is 11.6 Å². The Kier molecular flexibility index (Phi) is 5.95. The van der Waals surface area contributed by atoms with Gasteiger partial charge in [-0.05, 0) is 11.5 Å². The van der Waals surface area contributed by atoms with Crippen LogP contribution in [0.15, 0.2) is 5.38 Å². The number of hydrogen-bond acceptors (Lipinski definition) is 6. The highest BCUT2D eigenvalue weighted by atomic mass is 32.1. The van der Waals surface area contributed by atoms with Crippen molar-refractivity contribution in [2.45, 2.75) is 6.42 Å². The van der Waals surface area contributed by atoms with Gasteiger partial charge in [0.2, 0.25) is 0 Å². The summed E-state index contributed by atoms with van der Waals surface area (Å²) >= 11 is 5.94. The van der Waals surface area contributed by atoms with Crippen LogP contribution < -0.4 is 5.73 Å². The van der Waals surface area contributed by atoms with E-state index in [1.165, 1.54) is 0 Å². The lowest BCUT2D eigenvalue weighted by atomic mass is 10.3. The fourth-order valence-electron chi connectivity index (χ4n) is 1.18. The van der Waals surface area contributed by atoms with Crippen LogP contribution >= 0.6 is 23.8 Å². The Labute approximate surface area is 109 Å².